The first kappa shape index (κ1) is 13.9. The van der Waals surface area contributed by atoms with Gasteiger partial charge in [0, 0.05) is 18.3 Å². The van der Waals surface area contributed by atoms with Crippen molar-refractivity contribution in [1.29, 1.82) is 0 Å². The van der Waals surface area contributed by atoms with E-state index in [0.717, 1.165) is 31.4 Å². The van der Waals surface area contributed by atoms with Gasteiger partial charge < -0.3 is 10.6 Å². The quantitative estimate of drug-likeness (QED) is 0.756. The number of hydrogen-bond acceptors (Lipinski definition) is 3. The summed E-state index contributed by atoms with van der Waals surface area (Å²) in [6, 6.07) is 0.901. The summed E-state index contributed by atoms with van der Waals surface area (Å²) in [6.45, 7) is 4.68. The van der Waals surface area contributed by atoms with Gasteiger partial charge in [-0.05, 0) is 25.7 Å². The Morgan fingerprint density at radius 3 is 2.95 bits per heavy atom. The number of nitrogens with one attached hydrogen (secondary N) is 2. The minimum absolute atomic E-state index is 0.0535. The molecule has 5 nitrogen and oxygen atoms in total. The summed E-state index contributed by atoms with van der Waals surface area (Å²) >= 11 is 0. The number of nitrogens with zero attached hydrogens (tertiary/aromatic N) is 2. The number of anilines is 1. The standard InChI is InChI=1S/C14H24N4O/c1-3-5-11(4-2)16-13-8-15-18(9-13)10-14(19)17-12-6-7-12/h8-9,11-12,16H,3-7,10H2,1-2H3,(H,17,19). The highest BCUT2D eigenvalue weighted by Crippen LogP contribution is 2.18. The molecule has 106 valence electrons. The van der Waals surface area contributed by atoms with Gasteiger partial charge in [-0.2, -0.15) is 5.10 Å². The number of hydrogen-bond donors (Lipinski definition) is 2. The summed E-state index contributed by atoms with van der Waals surface area (Å²) in [5.74, 6) is 0.0535. The Morgan fingerprint density at radius 1 is 1.53 bits per heavy atom. The third-order valence-corrected chi connectivity index (χ3v) is 3.38. The van der Waals surface area contributed by atoms with Gasteiger partial charge in [0.2, 0.25) is 5.91 Å². The molecule has 1 aromatic rings. The van der Waals surface area contributed by atoms with Crippen LogP contribution >= 0.6 is 0 Å². The molecule has 1 atom stereocenters. The second-order valence-electron chi connectivity index (χ2n) is 5.31. The second-order valence-corrected chi connectivity index (χ2v) is 5.31. The van der Waals surface area contributed by atoms with Gasteiger partial charge in [0.15, 0.2) is 0 Å². The first-order valence-electron chi connectivity index (χ1n) is 7.29. The lowest BCUT2D eigenvalue weighted by atomic mass is 10.1. The summed E-state index contributed by atoms with van der Waals surface area (Å²) in [7, 11) is 0. The maximum atomic E-state index is 11.7. The molecule has 0 saturated heterocycles. The molecule has 1 aliphatic rings. The highest BCUT2D eigenvalue weighted by atomic mass is 16.2. The monoisotopic (exact) mass is 264 g/mol. The van der Waals surface area contributed by atoms with Crippen LogP contribution in [0, 0.1) is 0 Å². The van der Waals surface area contributed by atoms with Gasteiger partial charge in [0.25, 0.3) is 0 Å². The molecule has 2 rings (SSSR count). The fraction of sp³-hybridized carbons (Fsp3) is 0.714. The summed E-state index contributed by atoms with van der Waals surface area (Å²) < 4.78 is 1.69. The van der Waals surface area contributed by atoms with Crippen LogP contribution in [-0.4, -0.2) is 27.8 Å². The molecule has 0 aromatic carbocycles. The van der Waals surface area contributed by atoms with Crippen molar-refractivity contribution in [2.75, 3.05) is 5.32 Å². The van der Waals surface area contributed by atoms with E-state index in [9.17, 15) is 4.79 Å². The van der Waals surface area contributed by atoms with Gasteiger partial charge in [0.05, 0.1) is 11.9 Å². The highest BCUT2D eigenvalue weighted by Gasteiger charge is 2.23. The van der Waals surface area contributed by atoms with Crippen LogP contribution in [0.4, 0.5) is 5.69 Å². The van der Waals surface area contributed by atoms with Crippen molar-refractivity contribution >= 4 is 11.6 Å². The van der Waals surface area contributed by atoms with Crippen molar-refractivity contribution in [3.8, 4) is 0 Å². The van der Waals surface area contributed by atoms with Crippen molar-refractivity contribution in [1.82, 2.24) is 15.1 Å². The van der Waals surface area contributed by atoms with E-state index in [4.69, 9.17) is 0 Å². The molecule has 5 heteroatoms. The zero-order valence-corrected chi connectivity index (χ0v) is 11.9. The number of rotatable bonds is 8. The van der Waals surface area contributed by atoms with Crippen LogP contribution in [0.1, 0.15) is 46.0 Å². The number of carbonyl (C=O) groups is 1. The van der Waals surface area contributed by atoms with Gasteiger partial charge in [0.1, 0.15) is 6.54 Å². The van der Waals surface area contributed by atoms with Gasteiger partial charge in [-0.15, -0.1) is 0 Å². The van der Waals surface area contributed by atoms with E-state index in [1.807, 2.05) is 6.20 Å². The zero-order valence-electron chi connectivity index (χ0n) is 11.9. The van der Waals surface area contributed by atoms with E-state index >= 15 is 0 Å². The third-order valence-electron chi connectivity index (χ3n) is 3.38. The molecule has 2 N–H and O–H groups in total. The van der Waals surface area contributed by atoms with E-state index in [1.54, 1.807) is 10.9 Å². The Balaban J connectivity index is 1.81. The Labute approximate surface area is 114 Å². The second kappa shape index (κ2) is 6.59. The molecule has 1 unspecified atom stereocenters. The first-order valence-corrected chi connectivity index (χ1v) is 7.29. The minimum Gasteiger partial charge on any atom is -0.380 e. The smallest absolute Gasteiger partial charge is 0.241 e. The fourth-order valence-electron chi connectivity index (χ4n) is 2.14. The van der Waals surface area contributed by atoms with E-state index in [1.165, 1.54) is 6.42 Å². The van der Waals surface area contributed by atoms with Crippen LogP contribution in [0.5, 0.6) is 0 Å². The van der Waals surface area contributed by atoms with Gasteiger partial charge in [-0.1, -0.05) is 20.3 Å². The predicted molar refractivity (Wildman–Crippen MR) is 76.0 cm³/mol. The highest BCUT2D eigenvalue weighted by molar-refractivity contribution is 5.76. The third kappa shape index (κ3) is 4.58. The molecule has 1 amide bonds. The predicted octanol–water partition coefficient (Wildman–Crippen LogP) is 2.15. The van der Waals surface area contributed by atoms with Gasteiger partial charge in [-0.25, -0.2) is 0 Å². The molecule has 0 spiro atoms. The molecule has 0 aliphatic heterocycles. The summed E-state index contributed by atoms with van der Waals surface area (Å²) in [6.07, 6.45) is 9.36. The Morgan fingerprint density at radius 2 is 2.32 bits per heavy atom. The van der Waals surface area contributed by atoms with Crippen molar-refractivity contribution in [3.05, 3.63) is 12.4 Å². The lowest BCUT2D eigenvalue weighted by molar-refractivity contribution is -0.122. The maximum Gasteiger partial charge on any atom is 0.241 e. The van der Waals surface area contributed by atoms with Gasteiger partial charge in [-0.3, -0.25) is 9.48 Å². The van der Waals surface area contributed by atoms with Crippen molar-refractivity contribution in [2.45, 2.75) is 64.6 Å². The number of carbonyl (C=O) groups excluding carboxylic acids is 1. The molecule has 0 radical (unpaired) electrons. The van der Waals surface area contributed by atoms with Crippen molar-refractivity contribution < 1.29 is 4.79 Å². The first-order chi connectivity index (χ1) is 9.21. The van der Waals surface area contributed by atoms with Crippen LogP contribution in [0.25, 0.3) is 0 Å². The topological polar surface area (TPSA) is 59.0 Å². The molecule has 1 heterocycles. The molecule has 1 saturated carbocycles. The summed E-state index contributed by atoms with van der Waals surface area (Å²) in [5, 5.41) is 10.6. The van der Waals surface area contributed by atoms with E-state index in [2.05, 4.69) is 29.6 Å². The molecule has 1 aliphatic carbocycles. The Bertz CT molecular complexity index is 411. The largest absolute Gasteiger partial charge is 0.380 e. The normalized spacial score (nSPS) is 16.1. The lowest BCUT2D eigenvalue weighted by Gasteiger charge is -2.15. The molecule has 1 aromatic heterocycles. The average Bonchev–Trinajstić information content (AvgIpc) is 3.08. The lowest BCUT2D eigenvalue weighted by Crippen LogP contribution is -2.29. The molecule has 0 bridgehead atoms. The van der Waals surface area contributed by atoms with Crippen LogP contribution in [0.2, 0.25) is 0 Å². The minimum atomic E-state index is 0.0535. The van der Waals surface area contributed by atoms with Gasteiger partial charge >= 0.3 is 0 Å². The van der Waals surface area contributed by atoms with Crippen molar-refractivity contribution in [2.24, 2.45) is 0 Å². The van der Waals surface area contributed by atoms with Crippen LogP contribution in [0.15, 0.2) is 12.4 Å². The van der Waals surface area contributed by atoms with E-state index in [0.29, 0.717) is 18.6 Å². The van der Waals surface area contributed by atoms with E-state index < -0.39 is 0 Å². The molecule has 19 heavy (non-hydrogen) atoms. The molecule has 1 fully saturated rings. The van der Waals surface area contributed by atoms with Crippen molar-refractivity contribution in [3.63, 3.8) is 0 Å². The zero-order chi connectivity index (χ0) is 13.7. The SMILES string of the molecule is CCCC(CC)Nc1cnn(CC(=O)NC2CC2)c1. The van der Waals surface area contributed by atoms with Crippen LogP contribution in [0.3, 0.4) is 0 Å². The summed E-state index contributed by atoms with van der Waals surface area (Å²) in [5.41, 5.74) is 1.000. The van der Waals surface area contributed by atoms with E-state index in [-0.39, 0.29) is 5.91 Å². The Kier molecular flexibility index (Phi) is 4.82. The molecular weight excluding hydrogens is 240 g/mol. The van der Waals surface area contributed by atoms with Crippen LogP contribution < -0.4 is 10.6 Å². The average molecular weight is 264 g/mol. The number of amides is 1. The maximum absolute atomic E-state index is 11.7. The Hall–Kier alpha value is -1.52. The molecular formula is C14H24N4O. The fourth-order valence-corrected chi connectivity index (χ4v) is 2.14. The number of aromatic nitrogens is 2. The summed E-state index contributed by atoms with van der Waals surface area (Å²) in [4.78, 5) is 11.7. The van der Waals surface area contributed by atoms with Crippen LogP contribution in [-0.2, 0) is 11.3 Å².